The number of nitrogens with one attached hydrogen (secondary N) is 2. The topological polar surface area (TPSA) is 120 Å². The van der Waals surface area contributed by atoms with Crippen molar-refractivity contribution in [2.75, 3.05) is 24.9 Å². The van der Waals surface area contributed by atoms with Gasteiger partial charge in [0.2, 0.25) is 0 Å². The first kappa shape index (κ1) is 22.3. The Kier molecular flexibility index (Phi) is 6.69. The Hall–Kier alpha value is -4.40. The molecule has 0 unspecified atom stereocenters. The minimum Gasteiger partial charge on any atom is -0.494 e. The van der Waals surface area contributed by atoms with Crippen molar-refractivity contribution in [1.82, 2.24) is 0 Å². The summed E-state index contributed by atoms with van der Waals surface area (Å²) in [7, 11) is 2.81. The monoisotopic (exact) mass is 435 g/mol. The Morgan fingerprint density at radius 2 is 1.41 bits per heavy atom. The Balaban J connectivity index is 1.93. The predicted molar refractivity (Wildman–Crippen MR) is 120 cm³/mol. The van der Waals surface area contributed by atoms with Crippen molar-refractivity contribution < 1.29 is 24.0 Å². The molecule has 0 aliphatic heterocycles. The second-order valence-electron chi connectivity index (χ2n) is 6.76. The fraction of sp³-hybridized carbons (Fsp3) is 0.130. The molecule has 0 saturated heterocycles. The van der Waals surface area contributed by atoms with Gasteiger partial charge in [-0.15, -0.1) is 0 Å². The number of aryl methyl sites for hydroxylation is 1. The van der Waals surface area contributed by atoms with Gasteiger partial charge in [0, 0.05) is 23.3 Å². The highest BCUT2D eigenvalue weighted by Crippen LogP contribution is 2.37. The minimum atomic E-state index is -0.679. The van der Waals surface area contributed by atoms with E-state index in [-0.39, 0.29) is 34.3 Å². The number of benzene rings is 3. The molecule has 0 heterocycles. The number of rotatable bonds is 7. The Labute approximate surface area is 184 Å². The third kappa shape index (κ3) is 4.67. The summed E-state index contributed by atoms with van der Waals surface area (Å²) in [6.45, 7) is 1.56. The average molecular weight is 435 g/mol. The van der Waals surface area contributed by atoms with E-state index in [1.54, 1.807) is 49.4 Å². The van der Waals surface area contributed by atoms with Crippen molar-refractivity contribution in [3.63, 3.8) is 0 Å². The number of nitrogens with zero attached hydrogens (tertiary/aromatic N) is 1. The second-order valence-corrected chi connectivity index (χ2v) is 6.76. The summed E-state index contributed by atoms with van der Waals surface area (Å²) in [5, 5.41) is 16.8. The SMILES string of the molecule is COc1cc(NC(=O)c2cccc(C)c2[N+](=O)[O-])c(OC)cc1NC(=O)c1ccccc1. The fourth-order valence-corrected chi connectivity index (χ4v) is 3.15. The number of nitro groups is 1. The Morgan fingerprint density at radius 3 is 1.94 bits per heavy atom. The van der Waals surface area contributed by atoms with Crippen LogP contribution in [0.1, 0.15) is 26.3 Å². The van der Waals surface area contributed by atoms with Gasteiger partial charge in [-0.25, -0.2) is 0 Å². The van der Waals surface area contributed by atoms with E-state index in [0.29, 0.717) is 16.8 Å². The van der Waals surface area contributed by atoms with Gasteiger partial charge in [0.05, 0.1) is 30.5 Å². The van der Waals surface area contributed by atoms with E-state index in [0.717, 1.165) is 0 Å². The molecule has 0 aliphatic carbocycles. The molecule has 32 heavy (non-hydrogen) atoms. The number of carbonyl (C=O) groups is 2. The maximum Gasteiger partial charge on any atom is 0.285 e. The number of methoxy groups -OCH3 is 2. The van der Waals surface area contributed by atoms with Crippen LogP contribution >= 0.6 is 0 Å². The number of anilines is 2. The molecular formula is C23H21N3O6. The van der Waals surface area contributed by atoms with E-state index in [4.69, 9.17) is 9.47 Å². The zero-order valence-corrected chi connectivity index (χ0v) is 17.7. The average Bonchev–Trinajstić information content (AvgIpc) is 2.79. The molecule has 0 bridgehead atoms. The summed E-state index contributed by atoms with van der Waals surface area (Å²) in [6.07, 6.45) is 0. The van der Waals surface area contributed by atoms with Gasteiger partial charge in [0.1, 0.15) is 17.1 Å². The number of hydrogen-bond acceptors (Lipinski definition) is 6. The summed E-state index contributed by atoms with van der Waals surface area (Å²) in [5.74, 6) is -0.526. The normalized spacial score (nSPS) is 10.2. The van der Waals surface area contributed by atoms with Crippen LogP contribution in [0.3, 0.4) is 0 Å². The van der Waals surface area contributed by atoms with E-state index in [2.05, 4.69) is 10.6 Å². The lowest BCUT2D eigenvalue weighted by Crippen LogP contribution is -2.16. The summed E-state index contributed by atoms with van der Waals surface area (Å²) in [6, 6.07) is 16.1. The lowest BCUT2D eigenvalue weighted by molar-refractivity contribution is -0.385. The van der Waals surface area contributed by atoms with E-state index in [1.807, 2.05) is 0 Å². The maximum absolute atomic E-state index is 12.8. The number of amides is 2. The maximum atomic E-state index is 12.8. The molecule has 164 valence electrons. The van der Waals surface area contributed by atoms with Crippen molar-refractivity contribution in [3.05, 3.63) is 87.5 Å². The molecule has 3 rings (SSSR count). The van der Waals surface area contributed by atoms with Gasteiger partial charge in [0.15, 0.2) is 0 Å². The van der Waals surface area contributed by atoms with Crippen LogP contribution in [0.4, 0.5) is 17.1 Å². The molecule has 2 amide bonds. The van der Waals surface area contributed by atoms with Gasteiger partial charge in [-0.05, 0) is 25.1 Å². The van der Waals surface area contributed by atoms with Gasteiger partial charge in [-0.3, -0.25) is 19.7 Å². The standard InChI is InChI=1S/C23H21N3O6/c1-14-8-7-11-16(21(14)26(29)30)23(28)25-18-13-19(31-2)17(12-20(18)32-3)24-22(27)15-9-5-4-6-10-15/h4-13H,1-3H3,(H,24,27)(H,25,28). The highest BCUT2D eigenvalue weighted by Gasteiger charge is 2.24. The van der Waals surface area contributed by atoms with Crippen molar-refractivity contribution in [3.8, 4) is 11.5 Å². The van der Waals surface area contributed by atoms with Gasteiger partial charge < -0.3 is 20.1 Å². The third-order valence-corrected chi connectivity index (χ3v) is 4.72. The van der Waals surface area contributed by atoms with Crippen molar-refractivity contribution in [2.45, 2.75) is 6.92 Å². The van der Waals surface area contributed by atoms with Crippen LogP contribution in [0.25, 0.3) is 0 Å². The molecule has 0 aliphatic rings. The number of ether oxygens (including phenoxy) is 2. The first-order chi connectivity index (χ1) is 15.3. The Morgan fingerprint density at radius 1 is 0.844 bits per heavy atom. The number of para-hydroxylation sites is 1. The summed E-state index contributed by atoms with van der Waals surface area (Å²) in [5.41, 5.74) is 1.02. The third-order valence-electron chi connectivity index (χ3n) is 4.72. The predicted octanol–water partition coefficient (Wildman–Crippen LogP) is 4.43. The van der Waals surface area contributed by atoms with Crippen LogP contribution in [0.2, 0.25) is 0 Å². The zero-order valence-electron chi connectivity index (χ0n) is 17.7. The lowest BCUT2D eigenvalue weighted by Gasteiger charge is -2.16. The van der Waals surface area contributed by atoms with Gasteiger partial charge >= 0.3 is 0 Å². The van der Waals surface area contributed by atoms with Crippen molar-refractivity contribution in [1.29, 1.82) is 0 Å². The highest BCUT2D eigenvalue weighted by atomic mass is 16.6. The zero-order chi connectivity index (χ0) is 23.3. The summed E-state index contributed by atoms with van der Waals surface area (Å²) < 4.78 is 10.7. The number of hydrogen-bond donors (Lipinski definition) is 2. The minimum absolute atomic E-state index is 0.0857. The van der Waals surface area contributed by atoms with Crippen LogP contribution in [-0.2, 0) is 0 Å². The fourth-order valence-electron chi connectivity index (χ4n) is 3.15. The number of carbonyl (C=O) groups excluding carboxylic acids is 2. The van der Waals surface area contributed by atoms with Gasteiger partial charge in [-0.1, -0.05) is 30.3 Å². The van der Waals surface area contributed by atoms with Crippen LogP contribution in [0.15, 0.2) is 60.7 Å². The lowest BCUT2D eigenvalue weighted by atomic mass is 10.1. The first-order valence-electron chi connectivity index (χ1n) is 9.53. The molecule has 0 atom stereocenters. The molecule has 0 radical (unpaired) electrons. The molecule has 0 spiro atoms. The molecule has 3 aromatic carbocycles. The quantitative estimate of drug-likeness (QED) is 0.419. The van der Waals surface area contributed by atoms with Crippen molar-refractivity contribution in [2.24, 2.45) is 0 Å². The Bertz CT molecular complexity index is 1180. The van der Waals surface area contributed by atoms with Crippen LogP contribution < -0.4 is 20.1 Å². The highest BCUT2D eigenvalue weighted by molar-refractivity contribution is 6.09. The van der Waals surface area contributed by atoms with Crippen LogP contribution in [0.5, 0.6) is 11.5 Å². The molecule has 0 saturated carbocycles. The van der Waals surface area contributed by atoms with E-state index < -0.39 is 10.8 Å². The molecule has 2 N–H and O–H groups in total. The smallest absolute Gasteiger partial charge is 0.285 e. The van der Waals surface area contributed by atoms with E-state index in [9.17, 15) is 19.7 Å². The summed E-state index contributed by atoms with van der Waals surface area (Å²) in [4.78, 5) is 36.2. The molecule has 0 aromatic heterocycles. The van der Waals surface area contributed by atoms with Gasteiger partial charge in [-0.2, -0.15) is 0 Å². The van der Waals surface area contributed by atoms with E-state index >= 15 is 0 Å². The number of nitro benzene ring substituents is 1. The summed E-state index contributed by atoms with van der Waals surface area (Å²) >= 11 is 0. The van der Waals surface area contributed by atoms with Crippen molar-refractivity contribution >= 4 is 28.9 Å². The molecule has 9 nitrogen and oxygen atoms in total. The molecule has 3 aromatic rings. The second kappa shape index (κ2) is 9.61. The van der Waals surface area contributed by atoms with E-state index in [1.165, 1.54) is 32.4 Å². The first-order valence-corrected chi connectivity index (χ1v) is 9.53. The largest absolute Gasteiger partial charge is 0.494 e. The molecule has 9 heteroatoms. The molecular weight excluding hydrogens is 414 g/mol. The van der Waals surface area contributed by atoms with Crippen LogP contribution in [-0.4, -0.2) is 31.0 Å². The molecule has 0 fully saturated rings. The van der Waals surface area contributed by atoms with Crippen LogP contribution in [0, 0.1) is 17.0 Å². The van der Waals surface area contributed by atoms with Gasteiger partial charge in [0.25, 0.3) is 17.5 Å².